The molecule has 1 aliphatic rings. The first-order chi connectivity index (χ1) is 17.7. The molecule has 1 aliphatic heterocycles. The number of imide groups is 1. The van der Waals surface area contributed by atoms with Crippen molar-refractivity contribution in [2.24, 2.45) is 0 Å². The third kappa shape index (κ3) is 5.54. The minimum atomic E-state index is -0.712. The zero-order chi connectivity index (χ0) is 26.7. The standard InChI is InChI=1S/C28H24ClN3O5/c1-16-7-10-21(13-17(16)2)30-23(33)14-18-8-11-20(12-9-18)31-25-24(29)26(34)32(27(25)35)22-6-4-5-19(15-22)28(36)37-3/h4-13,15,31H,14H2,1-3H3,(H,30,33). The third-order valence-electron chi connectivity index (χ3n) is 5.93. The van der Waals surface area contributed by atoms with Gasteiger partial charge in [-0.3, -0.25) is 14.4 Å². The number of ether oxygens (including phenoxy) is 1. The van der Waals surface area contributed by atoms with Gasteiger partial charge in [-0.25, -0.2) is 9.69 Å². The Morgan fingerprint density at radius 1 is 0.892 bits per heavy atom. The Morgan fingerprint density at radius 3 is 2.27 bits per heavy atom. The number of aryl methyl sites for hydroxylation is 2. The molecule has 0 spiro atoms. The molecule has 0 aromatic heterocycles. The molecule has 0 aliphatic carbocycles. The third-order valence-corrected chi connectivity index (χ3v) is 6.28. The Morgan fingerprint density at radius 2 is 1.59 bits per heavy atom. The van der Waals surface area contributed by atoms with Crippen LogP contribution in [0.25, 0.3) is 0 Å². The maximum atomic E-state index is 13.0. The largest absolute Gasteiger partial charge is 0.465 e. The Balaban J connectivity index is 1.43. The van der Waals surface area contributed by atoms with E-state index in [9.17, 15) is 19.2 Å². The van der Waals surface area contributed by atoms with Crippen molar-refractivity contribution >= 4 is 52.4 Å². The first-order valence-electron chi connectivity index (χ1n) is 11.4. The summed E-state index contributed by atoms with van der Waals surface area (Å²) in [6.07, 6.45) is 0.165. The van der Waals surface area contributed by atoms with Gasteiger partial charge < -0.3 is 15.4 Å². The zero-order valence-electron chi connectivity index (χ0n) is 20.4. The number of amides is 3. The molecular formula is C28H24ClN3O5. The lowest BCUT2D eigenvalue weighted by Gasteiger charge is -2.16. The Kier molecular flexibility index (Phi) is 7.40. The summed E-state index contributed by atoms with van der Waals surface area (Å²) in [6, 6.07) is 18.6. The van der Waals surface area contributed by atoms with Crippen LogP contribution in [0, 0.1) is 13.8 Å². The summed E-state index contributed by atoms with van der Waals surface area (Å²) in [6.45, 7) is 3.99. The molecule has 3 aromatic rings. The number of hydrogen-bond acceptors (Lipinski definition) is 6. The summed E-state index contributed by atoms with van der Waals surface area (Å²) in [4.78, 5) is 51.0. The lowest BCUT2D eigenvalue weighted by Crippen LogP contribution is -2.32. The van der Waals surface area contributed by atoms with Crippen LogP contribution in [-0.2, 0) is 25.5 Å². The van der Waals surface area contributed by atoms with Crippen LogP contribution in [0.1, 0.15) is 27.0 Å². The number of rotatable bonds is 7. The quantitative estimate of drug-likeness (QED) is 0.347. The fourth-order valence-corrected chi connectivity index (χ4v) is 4.01. The lowest BCUT2D eigenvalue weighted by atomic mass is 10.1. The van der Waals surface area contributed by atoms with E-state index in [1.165, 1.54) is 31.4 Å². The second-order valence-corrected chi connectivity index (χ2v) is 8.90. The lowest BCUT2D eigenvalue weighted by molar-refractivity contribution is -0.120. The monoisotopic (exact) mass is 517 g/mol. The maximum Gasteiger partial charge on any atom is 0.337 e. The van der Waals surface area contributed by atoms with E-state index in [1.807, 2.05) is 32.0 Å². The Hall–Kier alpha value is -4.43. The summed E-state index contributed by atoms with van der Waals surface area (Å²) < 4.78 is 4.70. The molecule has 0 radical (unpaired) electrons. The Labute approximate surface area is 218 Å². The van der Waals surface area contributed by atoms with Crippen molar-refractivity contribution in [3.05, 3.63) is 99.7 Å². The second-order valence-electron chi connectivity index (χ2n) is 8.52. The predicted molar refractivity (Wildman–Crippen MR) is 141 cm³/mol. The summed E-state index contributed by atoms with van der Waals surface area (Å²) in [7, 11) is 1.24. The van der Waals surface area contributed by atoms with Crippen molar-refractivity contribution in [2.75, 3.05) is 22.6 Å². The minimum absolute atomic E-state index is 0.0876. The van der Waals surface area contributed by atoms with Crippen LogP contribution >= 0.6 is 11.6 Å². The molecule has 0 saturated heterocycles. The fraction of sp³-hybridized carbons (Fsp3) is 0.143. The molecule has 0 saturated carbocycles. The normalized spacial score (nSPS) is 13.1. The highest BCUT2D eigenvalue weighted by molar-refractivity contribution is 6.53. The van der Waals surface area contributed by atoms with Gasteiger partial charge in [-0.1, -0.05) is 35.9 Å². The number of carbonyl (C=O) groups is 4. The van der Waals surface area contributed by atoms with Gasteiger partial charge in [-0.2, -0.15) is 0 Å². The van der Waals surface area contributed by atoms with Crippen LogP contribution in [0.15, 0.2) is 77.5 Å². The summed E-state index contributed by atoms with van der Waals surface area (Å²) in [5.41, 5.74) is 4.55. The molecule has 9 heteroatoms. The maximum absolute atomic E-state index is 13.0. The molecule has 3 aromatic carbocycles. The van der Waals surface area contributed by atoms with Crippen LogP contribution in [0.5, 0.6) is 0 Å². The predicted octanol–water partition coefficient (Wildman–Crippen LogP) is 4.71. The topological polar surface area (TPSA) is 105 Å². The highest BCUT2D eigenvalue weighted by atomic mass is 35.5. The number of nitrogens with zero attached hydrogens (tertiary/aromatic N) is 1. The van der Waals surface area contributed by atoms with Crippen molar-refractivity contribution in [1.82, 2.24) is 0 Å². The SMILES string of the molecule is COC(=O)c1cccc(N2C(=O)C(Cl)=C(Nc3ccc(CC(=O)Nc4ccc(C)c(C)c4)cc3)C2=O)c1. The average molecular weight is 518 g/mol. The molecule has 3 amide bonds. The molecule has 0 atom stereocenters. The minimum Gasteiger partial charge on any atom is -0.465 e. The van der Waals surface area contributed by atoms with Gasteiger partial charge in [0.25, 0.3) is 11.8 Å². The molecule has 8 nitrogen and oxygen atoms in total. The van der Waals surface area contributed by atoms with E-state index in [1.54, 1.807) is 24.3 Å². The van der Waals surface area contributed by atoms with Gasteiger partial charge in [0.05, 0.1) is 24.8 Å². The van der Waals surface area contributed by atoms with Crippen molar-refractivity contribution in [3.8, 4) is 0 Å². The molecule has 0 fully saturated rings. The molecule has 4 rings (SSSR count). The van der Waals surface area contributed by atoms with Crippen LogP contribution in [0.3, 0.4) is 0 Å². The molecule has 37 heavy (non-hydrogen) atoms. The molecule has 0 unspecified atom stereocenters. The molecule has 1 heterocycles. The number of anilines is 3. The van der Waals surface area contributed by atoms with Crippen molar-refractivity contribution in [1.29, 1.82) is 0 Å². The van der Waals surface area contributed by atoms with Gasteiger partial charge in [-0.15, -0.1) is 0 Å². The average Bonchev–Trinajstić information content (AvgIpc) is 3.09. The van der Waals surface area contributed by atoms with Crippen molar-refractivity contribution in [3.63, 3.8) is 0 Å². The van der Waals surface area contributed by atoms with E-state index in [0.29, 0.717) is 5.69 Å². The van der Waals surface area contributed by atoms with Crippen molar-refractivity contribution < 1.29 is 23.9 Å². The van der Waals surface area contributed by atoms with E-state index >= 15 is 0 Å². The number of hydrogen-bond donors (Lipinski definition) is 2. The van der Waals surface area contributed by atoms with E-state index < -0.39 is 17.8 Å². The number of esters is 1. The smallest absolute Gasteiger partial charge is 0.337 e. The summed E-state index contributed by atoms with van der Waals surface area (Å²) in [5.74, 6) is -2.12. The van der Waals surface area contributed by atoms with Crippen LogP contribution < -0.4 is 15.5 Å². The first-order valence-corrected chi connectivity index (χ1v) is 11.8. The number of nitrogens with one attached hydrogen (secondary N) is 2. The number of carbonyl (C=O) groups excluding carboxylic acids is 4. The van der Waals surface area contributed by atoms with Gasteiger partial charge >= 0.3 is 5.97 Å². The van der Waals surface area contributed by atoms with Gasteiger partial charge in [0, 0.05) is 11.4 Å². The summed E-state index contributed by atoms with van der Waals surface area (Å²) in [5, 5.41) is 5.51. The highest BCUT2D eigenvalue weighted by Gasteiger charge is 2.39. The molecular weight excluding hydrogens is 494 g/mol. The first kappa shape index (κ1) is 25.7. The number of methoxy groups -OCH3 is 1. The zero-order valence-corrected chi connectivity index (χ0v) is 21.2. The van der Waals surface area contributed by atoms with Crippen LogP contribution in [-0.4, -0.2) is 30.8 Å². The number of benzene rings is 3. The van der Waals surface area contributed by atoms with Gasteiger partial charge in [0.15, 0.2) is 0 Å². The van der Waals surface area contributed by atoms with Gasteiger partial charge in [0.2, 0.25) is 5.91 Å². The van der Waals surface area contributed by atoms with Gasteiger partial charge in [-0.05, 0) is 73.0 Å². The van der Waals surface area contributed by atoms with E-state index in [2.05, 4.69) is 10.6 Å². The van der Waals surface area contributed by atoms with E-state index in [0.717, 1.165) is 27.3 Å². The van der Waals surface area contributed by atoms with Gasteiger partial charge in [0.1, 0.15) is 10.7 Å². The Bertz CT molecular complexity index is 1450. The number of halogens is 1. The van der Waals surface area contributed by atoms with Crippen molar-refractivity contribution in [2.45, 2.75) is 20.3 Å². The highest BCUT2D eigenvalue weighted by Crippen LogP contribution is 2.30. The van der Waals surface area contributed by atoms with E-state index in [4.69, 9.17) is 16.3 Å². The van der Waals surface area contributed by atoms with Crippen LogP contribution in [0.4, 0.5) is 17.1 Å². The van der Waals surface area contributed by atoms with Crippen LogP contribution in [0.2, 0.25) is 0 Å². The van der Waals surface area contributed by atoms with E-state index in [-0.39, 0.29) is 34.3 Å². The second kappa shape index (κ2) is 10.7. The summed E-state index contributed by atoms with van der Waals surface area (Å²) >= 11 is 6.21. The molecule has 2 N–H and O–H groups in total. The molecule has 0 bridgehead atoms. The molecule has 188 valence electrons. The fourth-order valence-electron chi connectivity index (χ4n) is 3.80.